The summed E-state index contributed by atoms with van der Waals surface area (Å²) in [5.41, 5.74) is 3.19. The maximum atomic E-state index is 12.9. The van der Waals surface area contributed by atoms with Crippen LogP contribution in [-0.4, -0.2) is 34.0 Å². The van der Waals surface area contributed by atoms with Crippen molar-refractivity contribution in [1.82, 2.24) is 14.5 Å². The zero-order valence-corrected chi connectivity index (χ0v) is 14.7. The Morgan fingerprint density at radius 1 is 1.33 bits per heavy atom. The average molecular weight is 327 g/mol. The molecule has 1 atom stereocenters. The summed E-state index contributed by atoms with van der Waals surface area (Å²) in [5, 5.41) is 0. The molecule has 2 heterocycles. The summed E-state index contributed by atoms with van der Waals surface area (Å²) in [4.78, 5) is 19.2. The van der Waals surface area contributed by atoms with Crippen molar-refractivity contribution < 1.29 is 9.53 Å². The van der Waals surface area contributed by atoms with E-state index in [2.05, 4.69) is 11.1 Å². The van der Waals surface area contributed by atoms with Crippen molar-refractivity contribution in [3.8, 4) is 5.75 Å². The number of imidazole rings is 1. The molecule has 1 aromatic heterocycles. The van der Waals surface area contributed by atoms with Crippen molar-refractivity contribution in [2.75, 3.05) is 13.7 Å². The number of ether oxygens (including phenoxy) is 1. The number of nitrogens with zero attached hydrogens (tertiary/aromatic N) is 3. The number of methoxy groups -OCH3 is 1. The molecule has 1 saturated heterocycles. The largest absolute Gasteiger partial charge is 0.497 e. The lowest BCUT2D eigenvalue weighted by Crippen LogP contribution is -2.40. The minimum absolute atomic E-state index is 0.131. The van der Waals surface area contributed by atoms with E-state index in [0.29, 0.717) is 6.54 Å². The number of likely N-dealkylation sites (tertiary alicyclic amines) is 1. The van der Waals surface area contributed by atoms with Gasteiger partial charge in [0, 0.05) is 12.2 Å². The van der Waals surface area contributed by atoms with E-state index in [0.717, 1.165) is 48.5 Å². The summed E-state index contributed by atoms with van der Waals surface area (Å²) in [6.45, 7) is 5.14. The number of rotatable bonds is 4. The summed E-state index contributed by atoms with van der Waals surface area (Å²) in [6.07, 6.45) is 4.97. The van der Waals surface area contributed by atoms with Gasteiger partial charge in [-0.15, -0.1) is 0 Å². The summed E-state index contributed by atoms with van der Waals surface area (Å²) in [7, 11) is 1.67. The summed E-state index contributed by atoms with van der Waals surface area (Å²) in [5.74, 6) is 0.995. The van der Waals surface area contributed by atoms with Crippen LogP contribution in [0.5, 0.6) is 5.75 Å². The highest BCUT2D eigenvalue weighted by molar-refractivity contribution is 5.76. The Morgan fingerprint density at radius 2 is 2.17 bits per heavy atom. The predicted molar refractivity (Wildman–Crippen MR) is 93.0 cm³/mol. The molecule has 1 aromatic carbocycles. The van der Waals surface area contributed by atoms with Gasteiger partial charge in [0.1, 0.15) is 12.3 Å². The summed E-state index contributed by atoms with van der Waals surface area (Å²) in [6, 6.07) is 8.20. The summed E-state index contributed by atoms with van der Waals surface area (Å²) >= 11 is 0. The lowest BCUT2D eigenvalue weighted by molar-refractivity contribution is -0.135. The lowest BCUT2D eigenvalue weighted by Gasteiger charge is -2.36. The van der Waals surface area contributed by atoms with Crippen LogP contribution in [0.1, 0.15) is 42.3 Å². The molecule has 5 nitrogen and oxygen atoms in total. The fourth-order valence-corrected chi connectivity index (χ4v) is 3.37. The van der Waals surface area contributed by atoms with Gasteiger partial charge in [-0.25, -0.2) is 4.98 Å². The van der Waals surface area contributed by atoms with E-state index in [1.54, 1.807) is 13.4 Å². The quantitative estimate of drug-likeness (QED) is 0.866. The molecule has 0 bridgehead atoms. The number of hydrogen-bond donors (Lipinski definition) is 0. The maximum Gasteiger partial charge on any atom is 0.243 e. The lowest BCUT2D eigenvalue weighted by atomic mass is 9.95. The second-order valence-corrected chi connectivity index (χ2v) is 6.42. The molecule has 1 aliphatic heterocycles. The second kappa shape index (κ2) is 7.07. The molecule has 1 fully saturated rings. The molecule has 0 N–H and O–H groups in total. The number of aromatic nitrogens is 2. The van der Waals surface area contributed by atoms with E-state index in [9.17, 15) is 4.79 Å². The Kier molecular flexibility index (Phi) is 4.88. The first-order chi connectivity index (χ1) is 11.6. The highest BCUT2D eigenvalue weighted by Gasteiger charge is 2.28. The topological polar surface area (TPSA) is 47.4 Å². The second-order valence-electron chi connectivity index (χ2n) is 6.42. The van der Waals surface area contributed by atoms with Gasteiger partial charge in [-0.1, -0.05) is 12.1 Å². The van der Waals surface area contributed by atoms with Gasteiger partial charge in [-0.2, -0.15) is 0 Å². The van der Waals surface area contributed by atoms with Gasteiger partial charge in [-0.05, 0) is 50.8 Å². The molecule has 0 radical (unpaired) electrons. The van der Waals surface area contributed by atoms with E-state index in [4.69, 9.17) is 4.74 Å². The van der Waals surface area contributed by atoms with Gasteiger partial charge in [0.2, 0.25) is 5.91 Å². The van der Waals surface area contributed by atoms with E-state index >= 15 is 0 Å². The molecule has 0 spiro atoms. The average Bonchev–Trinajstić information content (AvgIpc) is 2.94. The minimum atomic E-state index is 0.131. The molecular formula is C19H25N3O2. The molecule has 0 aliphatic carbocycles. The third-order valence-electron chi connectivity index (χ3n) is 4.95. The van der Waals surface area contributed by atoms with Gasteiger partial charge in [0.25, 0.3) is 0 Å². The molecule has 128 valence electrons. The number of hydrogen-bond acceptors (Lipinski definition) is 3. The van der Waals surface area contributed by atoms with Crippen LogP contribution in [0.2, 0.25) is 0 Å². The Morgan fingerprint density at radius 3 is 2.88 bits per heavy atom. The number of aryl methyl sites for hydroxylation is 1. The molecule has 24 heavy (non-hydrogen) atoms. The first-order valence-corrected chi connectivity index (χ1v) is 8.52. The number of amides is 1. The van der Waals surface area contributed by atoms with E-state index in [1.165, 1.54) is 0 Å². The molecule has 0 saturated carbocycles. The highest BCUT2D eigenvalue weighted by atomic mass is 16.5. The van der Waals surface area contributed by atoms with Gasteiger partial charge >= 0.3 is 0 Å². The molecule has 2 aromatic rings. The van der Waals surface area contributed by atoms with Crippen LogP contribution in [-0.2, 0) is 11.3 Å². The smallest absolute Gasteiger partial charge is 0.243 e. The minimum Gasteiger partial charge on any atom is -0.497 e. The molecule has 3 rings (SSSR count). The van der Waals surface area contributed by atoms with Crippen molar-refractivity contribution >= 4 is 5.91 Å². The standard InChI is InChI=1S/C19H25N3O2/c1-14-15(2)21(13-20-14)12-19(23)22-10-5-4-9-18(22)16-7-6-8-17(11-16)24-3/h6-8,11,13,18H,4-5,9-10,12H2,1-3H3/t18-/m0/s1. The fraction of sp³-hybridized carbons (Fsp3) is 0.474. The van der Waals surface area contributed by atoms with Gasteiger partial charge in [0.15, 0.2) is 0 Å². The Balaban J connectivity index is 1.81. The molecule has 1 amide bonds. The Bertz CT molecular complexity index is 723. The number of piperidine rings is 1. The van der Waals surface area contributed by atoms with Crippen LogP contribution in [0.3, 0.4) is 0 Å². The zero-order valence-electron chi connectivity index (χ0n) is 14.7. The predicted octanol–water partition coefficient (Wildman–Crippen LogP) is 3.26. The maximum absolute atomic E-state index is 12.9. The first kappa shape index (κ1) is 16.6. The third kappa shape index (κ3) is 3.30. The zero-order chi connectivity index (χ0) is 17.1. The van der Waals surface area contributed by atoms with E-state index in [1.807, 2.05) is 41.5 Å². The van der Waals surface area contributed by atoms with Crippen LogP contribution >= 0.6 is 0 Å². The van der Waals surface area contributed by atoms with Crippen LogP contribution < -0.4 is 4.74 Å². The molecular weight excluding hydrogens is 302 g/mol. The van der Waals surface area contributed by atoms with Crippen LogP contribution in [0.15, 0.2) is 30.6 Å². The number of carbonyl (C=O) groups excluding carboxylic acids is 1. The third-order valence-corrected chi connectivity index (χ3v) is 4.95. The van der Waals surface area contributed by atoms with Crippen molar-refractivity contribution in [2.24, 2.45) is 0 Å². The van der Waals surface area contributed by atoms with Crippen LogP contribution in [0, 0.1) is 13.8 Å². The van der Waals surface area contributed by atoms with Crippen molar-refractivity contribution in [2.45, 2.75) is 45.7 Å². The van der Waals surface area contributed by atoms with Gasteiger partial charge in [-0.3, -0.25) is 4.79 Å². The molecule has 5 heteroatoms. The SMILES string of the molecule is COc1cccc([C@@H]2CCCCN2C(=O)Cn2cnc(C)c2C)c1. The highest BCUT2D eigenvalue weighted by Crippen LogP contribution is 2.32. The van der Waals surface area contributed by atoms with E-state index in [-0.39, 0.29) is 11.9 Å². The van der Waals surface area contributed by atoms with Crippen molar-refractivity contribution in [3.63, 3.8) is 0 Å². The van der Waals surface area contributed by atoms with Gasteiger partial charge < -0.3 is 14.2 Å². The van der Waals surface area contributed by atoms with Crippen molar-refractivity contribution in [1.29, 1.82) is 0 Å². The first-order valence-electron chi connectivity index (χ1n) is 8.52. The number of benzene rings is 1. The van der Waals surface area contributed by atoms with E-state index < -0.39 is 0 Å². The monoisotopic (exact) mass is 327 g/mol. The van der Waals surface area contributed by atoms with Gasteiger partial charge in [0.05, 0.1) is 25.2 Å². The Labute approximate surface area is 143 Å². The normalized spacial score (nSPS) is 17.8. The fourth-order valence-electron chi connectivity index (χ4n) is 3.37. The Hall–Kier alpha value is -2.30. The summed E-state index contributed by atoms with van der Waals surface area (Å²) < 4.78 is 7.28. The number of carbonyl (C=O) groups is 1. The van der Waals surface area contributed by atoms with Crippen LogP contribution in [0.4, 0.5) is 0 Å². The molecule has 1 aliphatic rings. The van der Waals surface area contributed by atoms with Crippen molar-refractivity contribution in [3.05, 3.63) is 47.5 Å². The van der Waals surface area contributed by atoms with Crippen LogP contribution in [0.25, 0.3) is 0 Å². The molecule has 0 unspecified atom stereocenters.